The molecule has 0 saturated carbocycles. The van der Waals surface area contributed by atoms with Gasteiger partial charge in [-0.2, -0.15) is 5.10 Å². The van der Waals surface area contributed by atoms with Crippen molar-refractivity contribution in [1.29, 1.82) is 0 Å². The van der Waals surface area contributed by atoms with Crippen LogP contribution in [0.1, 0.15) is 17.8 Å². The molecule has 2 N–H and O–H groups in total. The average Bonchev–Trinajstić information content (AvgIpc) is 3.10. The summed E-state index contributed by atoms with van der Waals surface area (Å²) in [7, 11) is 0. The smallest absolute Gasteiger partial charge is 0.241 e. The Hall–Kier alpha value is -2.41. The quantitative estimate of drug-likeness (QED) is 0.842. The second-order valence-electron chi connectivity index (χ2n) is 6.45. The maximum absolute atomic E-state index is 12.1. The Morgan fingerprint density at radius 2 is 2.25 bits per heavy atom. The normalized spacial score (nSPS) is 20.4. The van der Waals surface area contributed by atoms with E-state index in [-0.39, 0.29) is 19.0 Å². The second kappa shape index (κ2) is 6.60. The van der Waals surface area contributed by atoms with Gasteiger partial charge in [-0.05, 0) is 38.5 Å². The molecule has 0 radical (unpaired) electrons. The number of hydrogen-bond acceptors (Lipinski definition) is 5. The fraction of sp³-hybridized carbons (Fsp3) is 0.471. The number of anilines is 1. The topological polar surface area (TPSA) is 83.3 Å². The Balaban J connectivity index is 1.53. The van der Waals surface area contributed by atoms with Crippen LogP contribution in [0.25, 0.3) is 0 Å². The first kappa shape index (κ1) is 16.4. The van der Waals surface area contributed by atoms with Crippen LogP contribution in [0.3, 0.4) is 0 Å². The molecule has 24 heavy (non-hydrogen) atoms. The molecule has 1 aliphatic rings. The Morgan fingerprint density at radius 3 is 2.92 bits per heavy atom. The van der Waals surface area contributed by atoms with Crippen molar-refractivity contribution in [2.45, 2.75) is 32.4 Å². The second-order valence-corrected chi connectivity index (χ2v) is 6.45. The summed E-state index contributed by atoms with van der Waals surface area (Å²) < 4.78 is 1.67. The molecule has 1 saturated heterocycles. The van der Waals surface area contributed by atoms with Crippen LogP contribution in [0, 0.1) is 13.8 Å². The number of carbonyl (C=O) groups excluding carboxylic acids is 1. The van der Waals surface area contributed by atoms with Gasteiger partial charge >= 0.3 is 0 Å². The van der Waals surface area contributed by atoms with Gasteiger partial charge in [-0.3, -0.25) is 9.48 Å². The van der Waals surface area contributed by atoms with Gasteiger partial charge < -0.3 is 15.3 Å². The maximum atomic E-state index is 12.1. The van der Waals surface area contributed by atoms with Crippen LogP contribution >= 0.6 is 0 Å². The van der Waals surface area contributed by atoms with Gasteiger partial charge in [0.15, 0.2) is 0 Å². The number of aromatic nitrogens is 3. The Bertz CT molecular complexity index is 715. The number of hydrogen-bond donors (Lipinski definition) is 2. The van der Waals surface area contributed by atoms with Crippen molar-refractivity contribution in [2.75, 3.05) is 24.5 Å². The summed E-state index contributed by atoms with van der Waals surface area (Å²) in [5, 5.41) is 17.8. The number of amides is 1. The minimum atomic E-state index is -0.928. The molecule has 1 atom stereocenters. The molecule has 0 spiro atoms. The Morgan fingerprint density at radius 1 is 1.42 bits per heavy atom. The molecule has 0 bridgehead atoms. The highest BCUT2D eigenvalue weighted by Crippen LogP contribution is 2.24. The summed E-state index contributed by atoms with van der Waals surface area (Å²) in [6.07, 6.45) is 2.34. The van der Waals surface area contributed by atoms with Gasteiger partial charge in [0.25, 0.3) is 0 Å². The fourth-order valence-corrected chi connectivity index (χ4v) is 3.03. The molecule has 7 heteroatoms. The summed E-state index contributed by atoms with van der Waals surface area (Å²) in [5.74, 6) is 0.702. The minimum Gasteiger partial charge on any atom is -0.386 e. The van der Waals surface area contributed by atoms with Crippen molar-refractivity contribution >= 4 is 11.7 Å². The first-order valence-corrected chi connectivity index (χ1v) is 8.11. The third-order valence-corrected chi connectivity index (χ3v) is 4.32. The summed E-state index contributed by atoms with van der Waals surface area (Å²) in [6, 6.07) is 7.65. The third-order valence-electron chi connectivity index (χ3n) is 4.32. The van der Waals surface area contributed by atoms with Gasteiger partial charge in [0.05, 0.1) is 5.69 Å². The first-order chi connectivity index (χ1) is 11.5. The average molecular weight is 329 g/mol. The molecule has 2 aromatic rings. The highest BCUT2D eigenvalue weighted by molar-refractivity contribution is 5.75. The van der Waals surface area contributed by atoms with E-state index in [9.17, 15) is 9.90 Å². The molecule has 3 heterocycles. The Labute approximate surface area is 141 Å². The highest BCUT2D eigenvalue weighted by Gasteiger charge is 2.36. The van der Waals surface area contributed by atoms with Gasteiger partial charge in [-0.1, -0.05) is 6.07 Å². The lowest BCUT2D eigenvalue weighted by Crippen LogP contribution is -2.45. The summed E-state index contributed by atoms with van der Waals surface area (Å²) >= 11 is 0. The summed E-state index contributed by atoms with van der Waals surface area (Å²) in [4.78, 5) is 18.5. The Kier molecular flexibility index (Phi) is 4.53. The van der Waals surface area contributed by atoms with Crippen LogP contribution in [0.15, 0.2) is 30.5 Å². The van der Waals surface area contributed by atoms with E-state index in [2.05, 4.69) is 15.4 Å². The fourth-order valence-electron chi connectivity index (χ4n) is 3.03. The lowest BCUT2D eigenvalue weighted by atomic mass is 10.0. The largest absolute Gasteiger partial charge is 0.386 e. The number of nitrogens with zero attached hydrogens (tertiary/aromatic N) is 4. The van der Waals surface area contributed by atoms with Crippen LogP contribution in [0.5, 0.6) is 0 Å². The molecule has 128 valence electrons. The molecular weight excluding hydrogens is 306 g/mol. The molecule has 1 amide bonds. The van der Waals surface area contributed by atoms with Crippen molar-refractivity contribution in [3.05, 3.63) is 41.9 Å². The van der Waals surface area contributed by atoms with Gasteiger partial charge in [-0.15, -0.1) is 0 Å². The molecule has 3 rings (SSSR count). The SMILES string of the molecule is Cc1cc(C)n(CC(=O)NC[C@]2(O)CCN(c3ccccn3)C2)n1. The highest BCUT2D eigenvalue weighted by atomic mass is 16.3. The van der Waals surface area contributed by atoms with Crippen LogP contribution in [-0.2, 0) is 11.3 Å². The molecule has 1 aliphatic heterocycles. The van der Waals surface area contributed by atoms with E-state index in [1.165, 1.54) is 0 Å². The van der Waals surface area contributed by atoms with Crippen LogP contribution in [0.4, 0.5) is 5.82 Å². The van der Waals surface area contributed by atoms with Crippen LogP contribution < -0.4 is 10.2 Å². The van der Waals surface area contributed by atoms with Crippen LogP contribution in [0.2, 0.25) is 0 Å². The lowest BCUT2D eigenvalue weighted by Gasteiger charge is -2.24. The van der Waals surface area contributed by atoms with Gasteiger partial charge in [0.2, 0.25) is 5.91 Å². The molecule has 1 fully saturated rings. The van der Waals surface area contributed by atoms with Gasteiger partial charge in [0, 0.05) is 31.5 Å². The number of nitrogens with one attached hydrogen (secondary N) is 1. The molecule has 2 aromatic heterocycles. The van der Waals surface area contributed by atoms with E-state index in [1.807, 2.05) is 43.0 Å². The number of aryl methyl sites for hydroxylation is 2. The molecule has 0 aromatic carbocycles. The van der Waals surface area contributed by atoms with Crippen molar-refractivity contribution in [3.63, 3.8) is 0 Å². The monoisotopic (exact) mass is 329 g/mol. The van der Waals surface area contributed by atoms with E-state index in [0.717, 1.165) is 23.8 Å². The minimum absolute atomic E-state index is 0.147. The predicted molar refractivity (Wildman–Crippen MR) is 90.7 cm³/mol. The summed E-state index contributed by atoms with van der Waals surface area (Å²) in [6.45, 7) is 5.40. The molecule has 0 unspecified atom stereocenters. The zero-order valence-electron chi connectivity index (χ0n) is 14.1. The maximum Gasteiger partial charge on any atom is 0.241 e. The number of rotatable bonds is 5. The molecule has 0 aliphatic carbocycles. The van der Waals surface area contributed by atoms with E-state index < -0.39 is 5.60 Å². The van der Waals surface area contributed by atoms with Crippen molar-refractivity contribution in [1.82, 2.24) is 20.1 Å². The zero-order chi connectivity index (χ0) is 17.2. The lowest BCUT2D eigenvalue weighted by molar-refractivity contribution is -0.123. The predicted octanol–water partition coefficient (Wildman–Crippen LogP) is 0.653. The van der Waals surface area contributed by atoms with Gasteiger partial charge in [0.1, 0.15) is 18.0 Å². The van der Waals surface area contributed by atoms with Crippen molar-refractivity contribution in [2.24, 2.45) is 0 Å². The molecule has 7 nitrogen and oxygen atoms in total. The first-order valence-electron chi connectivity index (χ1n) is 8.11. The number of β-amino-alcohol motifs (C(OH)–C–C–N with tert-alkyl or cyclic N) is 1. The van der Waals surface area contributed by atoms with E-state index >= 15 is 0 Å². The molecular formula is C17H23N5O2. The third kappa shape index (κ3) is 3.73. The number of carbonyl (C=O) groups is 1. The van der Waals surface area contributed by atoms with E-state index in [1.54, 1.807) is 10.9 Å². The van der Waals surface area contributed by atoms with Crippen molar-refractivity contribution < 1.29 is 9.90 Å². The van der Waals surface area contributed by atoms with Crippen LogP contribution in [-0.4, -0.2) is 51.0 Å². The van der Waals surface area contributed by atoms with E-state index in [4.69, 9.17) is 0 Å². The number of pyridine rings is 1. The summed E-state index contributed by atoms with van der Waals surface area (Å²) in [5.41, 5.74) is 0.909. The van der Waals surface area contributed by atoms with E-state index in [0.29, 0.717) is 13.0 Å². The van der Waals surface area contributed by atoms with Gasteiger partial charge in [-0.25, -0.2) is 4.98 Å². The van der Waals surface area contributed by atoms with Crippen molar-refractivity contribution in [3.8, 4) is 0 Å². The number of aliphatic hydroxyl groups is 1. The standard InChI is InChI=1S/C17H23N5O2/c1-13-9-14(2)22(20-13)10-16(23)19-11-17(24)6-8-21(12-17)15-5-3-4-7-18-15/h3-5,7,9,24H,6,8,10-12H2,1-2H3,(H,19,23)/t17-/m1/s1. The zero-order valence-corrected chi connectivity index (χ0v) is 14.1.